The summed E-state index contributed by atoms with van der Waals surface area (Å²) in [6, 6.07) is 7.49. The lowest BCUT2D eigenvalue weighted by molar-refractivity contribution is -0.130. The van der Waals surface area contributed by atoms with Gasteiger partial charge in [-0.2, -0.15) is 0 Å². The van der Waals surface area contributed by atoms with Gasteiger partial charge in [-0.3, -0.25) is 4.79 Å². The van der Waals surface area contributed by atoms with E-state index in [4.69, 9.17) is 4.42 Å². The van der Waals surface area contributed by atoms with Crippen LogP contribution in [-0.4, -0.2) is 59.3 Å². The average molecular weight is 410 g/mol. The third kappa shape index (κ3) is 4.90. The van der Waals surface area contributed by atoms with Gasteiger partial charge in [0.25, 0.3) is 5.22 Å². The predicted molar refractivity (Wildman–Crippen MR) is 104 cm³/mol. The van der Waals surface area contributed by atoms with Crippen molar-refractivity contribution < 1.29 is 17.6 Å². The maximum atomic E-state index is 12.7. The van der Waals surface area contributed by atoms with Gasteiger partial charge in [0.15, 0.2) is 9.84 Å². The number of amides is 1. The van der Waals surface area contributed by atoms with Gasteiger partial charge in [0.05, 0.1) is 17.3 Å². The minimum Gasteiger partial charge on any atom is -0.411 e. The van der Waals surface area contributed by atoms with Crippen molar-refractivity contribution in [2.45, 2.75) is 38.0 Å². The molecule has 9 heteroatoms. The van der Waals surface area contributed by atoms with E-state index in [-0.39, 0.29) is 29.2 Å². The van der Waals surface area contributed by atoms with E-state index in [0.717, 1.165) is 17.5 Å². The van der Waals surface area contributed by atoms with Crippen molar-refractivity contribution in [3.8, 4) is 11.5 Å². The number of hydrogen-bond donors (Lipinski definition) is 0. The largest absolute Gasteiger partial charge is 0.411 e. The molecule has 0 spiro atoms. The predicted octanol–water partition coefficient (Wildman–Crippen LogP) is 2.56. The monoisotopic (exact) mass is 409 g/mol. The van der Waals surface area contributed by atoms with E-state index in [0.29, 0.717) is 24.1 Å². The lowest BCUT2D eigenvalue weighted by atomic mass is 10.1. The van der Waals surface area contributed by atoms with Crippen molar-refractivity contribution >= 4 is 27.5 Å². The molecule has 0 aliphatic carbocycles. The standard InChI is InChI=1S/C18H23N3O4S2/c1-3-9-21(14-8-10-27(23,24)12-14)16(22)11-26-18-20-19-17(25-18)15-7-5-4-6-13(15)2/h4-7,14H,3,8-12H2,1-2H3/t14-/m1/s1. The van der Waals surface area contributed by atoms with E-state index < -0.39 is 9.84 Å². The normalized spacial score (nSPS) is 18.5. The van der Waals surface area contributed by atoms with Crippen molar-refractivity contribution in [2.24, 2.45) is 0 Å². The van der Waals surface area contributed by atoms with Gasteiger partial charge in [-0.15, -0.1) is 10.2 Å². The minimum atomic E-state index is -3.03. The van der Waals surface area contributed by atoms with Gasteiger partial charge in [-0.05, 0) is 31.4 Å². The Morgan fingerprint density at radius 2 is 2.11 bits per heavy atom. The van der Waals surface area contributed by atoms with E-state index in [1.54, 1.807) is 4.90 Å². The summed E-state index contributed by atoms with van der Waals surface area (Å²) in [6.07, 6.45) is 1.29. The maximum Gasteiger partial charge on any atom is 0.277 e. The van der Waals surface area contributed by atoms with Crippen LogP contribution in [0.5, 0.6) is 0 Å². The molecule has 1 amide bonds. The molecule has 0 unspecified atom stereocenters. The summed E-state index contributed by atoms with van der Waals surface area (Å²) in [7, 11) is -3.03. The SMILES string of the molecule is CCCN(C(=O)CSc1nnc(-c2ccccc2C)o1)[C@@H]1CCS(=O)(=O)C1. The molecule has 1 aromatic heterocycles. The molecule has 0 radical (unpaired) electrons. The van der Waals surface area contributed by atoms with Crippen molar-refractivity contribution in [3.05, 3.63) is 29.8 Å². The number of aryl methyl sites for hydroxylation is 1. The van der Waals surface area contributed by atoms with Gasteiger partial charge < -0.3 is 9.32 Å². The third-order valence-corrected chi connectivity index (χ3v) is 7.09. The molecule has 0 N–H and O–H groups in total. The van der Waals surface area contributed by atoms with Crippen LogP contribution in [0, 0.1) is 6.92 Å². The molecule has 2 heterocycles. The second-order valence-corrected chi connectivity index (χ2v) is 9.78. The number of thioether (sulfide) groups is 1. The summed E-state index contributed by atoms with van der Waals surface area (Å²) >= 11 is 1.18. The van der Waals surface area contributed by atoms with Crippen LogP contribution < -0.4 is 0 Å². The van der Waals surface area contributed by atoms with E-state index in [1.165, 1.54) is 11.8 Å². The van der Waals surface area contributed by atoms with Gasteiger partial charge in [-0.25, -0.2) is 8.42 Å². The average Bonchev–Trinajstić information content (AvgIpc) is 3.24. The molecule has 0 bridgehead atoms. The summed E-state index contributed by atoms with van der Waals surface area (Å²) in [6.45, 7) is 4.50. The molecule has 1 aliphatic heterocycles. The molecule has 1 fully saturated rings. The molecule has 7 nitrogen and oxygen atoms in total. The van der Waals surface area contributed by atoms with Crippen molar-refractivity contribution in [1.82, 2.24) is 15.1 Å². The van der Waals surface area contributed by atoms with Crippen molar-refractivity contribution in [3.63, 3.8) is 0 Å². The molecule has 0 saturated carbocycles. The summed E-state index contributed by atoms with van der Waals surface area (Å²) in [5, 5.41) is 8.40. The summed E-state index contributed by atoms with van der Waals surface area (Å²) < 4.78 is 29.2. The fourth-order valence-electron chi connectivity index (χ4n) is 3.17. The first-order valence-corrected chi connectivity index (χ1v) is 11.7. The number of sulfone groups is 1. The van der Waals surface area contributed by atoms with E-state index >= 15 is 0 Å². The van der Waals surface area contributed by atoms with Crippen molar-refractivity contribution in [1.29, 1.82) is 0 Å². The van der Waals surface area contributed by atoms with Crippen LogP contribution in [0.3, 0.4) is 0 Å². The quantitative estimate of drug-likeness (QED) is 0.649. The molecule has 1 aromatic carbocycles. The Hall–Kier alpha value is -1.87. The summed E-state index contributed by atoms with van der Waals surface area (Å²) in [5.74, 6) is 0.685. The summed E-state index contributed by atoms with van der Waals surface area (Å²) in [4.78, 5) is 14.3. The van der Waals surface area contributed by atoms with Crippen LogP contribution in [0.4, 0.5) is 0 Å². The number of carbonyl (C=O) groups is 1. The van der Waals surface area contributed by atoms with E-state index in [9.17, 15) is 13.2 Å². The topological polar surface area (TPSA) is 93.4 Å². The minimum absolute atomic E-state index is 0.0569. The first kappa shape index (κ1) is 19.9. The Kier molecular flexibility index (Phi) is 6.21. The Bertz CT molecular complexity index is 911. The van der Waals surface area contributed by atoms with E-state index in [1.807, 2.05) is 38.1 Å². The van der Waals surface area contributed by atoms with Gasteiger partial charge in [0.1, 0.15) is 0 Å². The molecule has 1 saturated heterocycles. The zero-order valence-electron chi connectivity index (χ0n) is 15.4. The lowest BCUT2D eigenvalue weighted by Gasteiger charge is -2.27. The fraction of sp³-hybridized carbons (Fsp3) is 0.500. The molecule has 27 heavy (non-hydrogen) atoms. The van der Waals surface area contributed by atoms with Crippen LogP contribution >= 0.6 is 11.8 Å². The Morgan fingerprint density at radius 3 is 2.78 bits per heavy atom. The second-order valence-electron chi connectivity index (χ2n) is 6.62. The Balaban J connectivity index is 1.63. The summed E-state index contributed by atoms with van der Waals surface area (Å²) in [5.41, 5.74) is 1.90. The maximum absolute atomic E-state index is 12.7. The number of rotatable bonds is 7. The third-order valence-electron chi connectivity index (χ3n) is 4.54. The second kappa shape index (κ2) is 8.43. The number of benzene rings is 1. The van der Waals surface area contributed by atoms with Gasteiger partial charge >= 0.3 is 0 Å². The zero-order chi connectivity index (χ0) is 19.4. The van der Waals surface area contributed by atoms with Gasteiger partial charge in [0.2, 0.25) is 11.8 Å². The smallest absolute Gasteiger partial charge is 0.277 e. The van der Waals surface area contributed by atoms with Gasteiger partial charge in [0, 0.05) is 18.2 Å². The van der Waals surface area contributed by atoms with Crippen LogP contribution in [0.1, 0.15) is 25.3 Å². The lowest BCUT2D eigenvalue weighted by Crippen LogP contribution is -2.42. The number of carbonyl (C=O) groups excluding carboxylic acids is 1. The highest BCUT2D eigenvalue weighted by Crippen LogP contribution is 2.26. The Morgan fingerprint density at radius 1 is 1.33 bits per heavy atom. The Labute approximate surface area is 163 Å². The zero-order valence-corrected chi connectivity index (χ0v) is 17.1. The number of hydrogen-bond acceptors (Lipinski definition) is 7. The first-order chi connectivity index (χ1) is 12.9. The number of nitrogens with zero attached hydrogens (tertiary/aromatic N) is 3. The van der Waals surface area contributed by atoms with Crippen molar-refractivity contribution in [2.75, 3.05) is 23.8 Å². The molecule has 146 valence electrons. The fourth-order valence-corrected chi connectivity index (χ4v) is 5.55. The highest BCUT2D eigenvalue weighted by Gasteiger charge is 2.34. The van der Waals surface area contributed by atoms with Gasteiger partial charge in [-0.1, -0.05) is 36.9 Å². The molecule has 3 rings (SSSR count). The first-order valence-electron chi connectivity index (χ1n) is 8.92. The molecular weight excluding hydrogens is 386 g/mol. The molecule has 2 aromatic rings. The van der Waals surface area contributed by atoms with Crippen LogP contribution in [0.15, 0.2) is 33.9 Å². The number of aromatic nitrogens is 2. The van der Waals surface area contributed by atoms with E-state index in [2.05, 4.69) is 10.2 Å². The van der Waals surface area contributed by atoms with Crippen LogP contribution in [0.25, 0.3) is 11.5 Å². The highest BCUT2D eigenvalue weighted by atomic mass is 32.2. The molecular formula is C18H23N3O4S2. The van der Waals surface area contributed by atoms with Crippen LogP contribution in [-0.2, 0) is 14.6 Å². The molecule has 1 atom stereocenters. The molecule has 1 aliphatic rings. The highest BCUT2D eigenvalue weighted by molar-refractivity contribution is 7.99. The van der Waals surface area contributed by atoms with Crippen LogP contribution in [0.2, 0.25) is 0 Å².